The number of carbonyl (C=O) groups is 1. The van der Waals surface area contributed by atoms with Gasteiger partial charge in [-0.1, -0.05) is 72.8 Å². The van der Waals surface area contributed by atoms with Crippen LogP contribution in [-0.4, -0.2) is 16.8 Å². The Morgan fingerprint density at radius 2 is 1.46 bits per heavy atom. The zero-order chi connectivity index (χ0) is 16.4. The first-order valence-corrected chi connectivity index (χ1v) is 8.86. The molecule has 0 aromatic heterocycles. The van der Waals surface area contributed by atoms with Crippen LogP contribution in [-0.2, 0) is 17.8 Å². The van der Waals surface area contributed by atoms with Gasteiger partial charge in [0.05, 0.1) is 0 Å². The Balaban J connectivity index is 1.62. The summed E-state index contributed by atoms with van der Waals surface area (Å²) in [5, 5.41) is 0. The van der Waals surface area contributed by atoms with E-state index in [0.29, 0.717) is 17.9 Å². The molecule has 2 heteroatoms. The molecule has 2 aromatic rings. The lowest BCUT2D eigenvalue weighted by Crippen LogP contribution is -2.36. The van der Waals surface area contributed by atoms with Gasteiger partial charge in [-0.15, -0.1) is 0 Å². The Labute approximate surface area is 143 Å². The van der Waals surface area contributed by atoms with E-state index in [4.69, 9.17) is 0 Å². The molecule has 2 aromatic carbocycles. The predicted molar refractivity (Wildman–Crippen MR) is 96.3 cm³/mol. The van der Waals surface area contributed by atoms with Crippen molar-refractivity contribution in [2.24, 2.45) is 11.8 Å². The van der Waals surface area contributed by atoms with Crippen LogP contribution < -0.4 is 0 Å². The number of hydrogen-bond acceptors (Lipinski definition) is 1. The lowest BCUT2D eigenvalue weighted by molar-refractivity contribution is -0.132. The largest absolute Gasteiger partial charge is 0.334 e. The first kappa shape index (κ1) is 15.2. The van der Waals surface area contributed by atoms with Crippen molar-refractivity contribution in [1.82, 2.24) is 4.90 Å². The van der Waals surface area contributed by atoms with Gasteiger partial charge < -0.3 is 4.90 Å². The molecule has 1 fully saturated rings. The van der Waals surface area contributed by atoms with E-state index in [9.17, 15) is 4.79 Å². The van der Waals surface area contributed by atoms with E-state index in [1.54, 1.807) is 0 Å². The molecule has 3 atom stereocenters. The molecule has 1 heterocycles. The molecule has 3 unspecified atom stereocenters. The molecule has 1 aliphatic carbocycles. The average Bonchev–Trinajstić information content (AvgIpc) is 2.90. The van der Waals surface area contributed by atoms with Crippen LogP contribution in [0.2, 0.25) is 0 Å². The van der Waals surface area contributed by atoms with E-state index >= 15 is 0 Å². The van der Waals surface area contributed by atoms with Gasteiger partial charge in [-0.3, -0.25) is 4.79 Å². The summed E-state index contributed by atoms with van der Waals surface area (Å²) in [5.74, 6) is 0.966. The SMILES string of the molecule is O=C1C2CC=CCC2C(Cc2ccccc2)N1Cc1ccccc1. The smallest absolute Gasteiger partial charge is 0.226 e. The number of carbonyl (C=O) groups excluding carboxylic acids is 1. The van der Waals surface area contributed by atoms with E-state index in [1.807, 2.05) is 6.07 Å². The molecule has 4 rings (SSSR count). The Bertz CT molecular complexity index is 722. The minimum absolute atomic E-state index is 0.174. The lowest BCUT2D eigenvalue weighted by atomic mass is 9.80. The number of fused-ring (bicyclic) bond motifs is 1. The first-order chi connectivity index (χ1) is 11.8. The Kier molecular flexibility index (Phi) is 4.20. The second-order valence-electron chi connectivity index (χ2n) is 6.92. The highest BCUT2D eigenvalue weighted by atomic mass is 16.2. The molecule has 2 aliphatic rings. The summed E-state index contributed by atoms with van der Waals surface area (Å²) in [6.45, 7) is 0.726. The molecule has 1 amide bonds. The molecule has 0 saturated carbocycles. The summed E-state index contributed by atoms with van der Waals surface area (Å²) in [6, 6.07) is 21.3. The van der Waals surface area contributed by atoms with E-state index in [-0.39, 0.29) is 5.92 Å². The van der Waals surface area contributed by atoms with Crippen LogP contribution >= 0.6 is 0 Å². The summed E-state index contributed by atoms with van der Waals surface area (Å²) in [4.78, 5) is 15.2. The van der Waals surface area contributed by atoms with Gasteiger partial charge in [-0.2, -0.15) is 0 Å². The Morgan fingerprint density at radius 1 is 0.833 bits per heavy atom. The number of allylic oxidation sites excluding steroid dienone is 2. The highest BCUT2D eigenvalue weighted by Gasteiger charge is 2.47. The maximum atomic E-state index is 13.0. The van der Waals surface area contributed by atoms with Crippen LogP contribution in [0.25, 0.3) is 0 Å². The van der Waals surface area contributed by atoms with Crippen LogP contribution in [0, 0.1) is 11.8 Å². The first-order valence-electron chi connectivity index (χ1n) is 8.86. The second kappa shape index (κ2) is 6.64. The third-order valence-electron chi connectivity index (χ3n) is 5.46. The van der Waals surface area contributed by atoms with Crippen LogP contribution in [0.3, 0.4) is 0 Å². The molecule has 0 N–H and O–H groups in total. The summed E-state index contributed by atoms with van der Waals surface area (Å²) in [5.41, 5.74) is 2.54. The molecule has 24 heavy (non-hydrogen) atoms. The van der Waals surface area contributed by atoms with Crippen LogP contribution in [0.5, 0.6) is 0 Å². The van der Waals surface area contributed by atoms with Crippen LogP contribution in [0.4, 0.5) is 0 Å². The molecular formula is C22H23NO. The summed E-state index contributed by atoms with van der Waals surface area (Å²) >= 11 is 0. The minimum atomic E-state index is 0.174. The minimum Gasteiger partial charge on any atom is -0.334 e. The normalized spacial score (nSPS) is 25.8. The van der Waals surface area contributed by atoms with E-state index in [0.717, 1.165) is 25.8 Å². The maximum Gasteiger partial charge on any atom is 0.226 e. The fraction of sp³-hybridized carbons (Fsp3) is 0.318. The van der Waals surface area contributed by atoms with Crippen molar-refractivity contribution in [2.45, 2.75) is 31.8 Å². The number of likely N-dealkylation sites (tertiary alicyclic amines) is 1. The number of benzene rings is 2. The second-order valence-corrected chi connectivity index (χ2v) is 6.92. The average molecular weight is 317 g/mol. The molecule has 2 nitrogen and oxygen atoms in total. The highest BCUT2D eigenvalue weighted by Crippen LogP contribution is 2.40. The van der Waals surface area contributed by atoms with Crippen molar-refractivity contribution in [1.29, 1.82) is 0 Å². The fourth-order valence-electron chi connectivity index (χ4n) is 4.24. The molecule has 1 aliphatic heterocycles. The summed E-state index contributed by atoms with van der Waals surface area (Å²) in [6.07, 6.45) is 7.33. The van der Waals surface area contributed by atoms with Gasteiger partial charge in [0, 0.05) is 18.5 Å². The van der Waals surface area contributed by atoms with Crippen LogP contribution in [0.15, 0.2) is 72.8 Å². The van der Waals surface area contributed by atoms with Crippen molar-refractivity contribution in [2.75, 3.05) is 0 Å². The monoisotopic (exact) mass is 317 g/mol. The highest BCUT2D eigenvalue weighted by molar-refractivity contribution is 5.82. The molecule has 122 valence electrons. The topological polar surface area (TPSA) is 20.3 Å². The van der Waals surface area contributed by atoms with E-state index in [1.165, 1.54) is 11.1 Å². The van der Waals surface area contributed by atoms with E-state index < -0.39 is 0 Å². The van der Waals surface area contributed by atoms with Gasteiger partial charge in [0.25, 0.3) is 0 Å². The third-order valence-corrected chi connectivity index (χ3v) is 5.46. The third kappa shape index (κ3) is 2.89. The molecule has 1 saturated heterocycles. The zero-order valence-corrected chi connectivity index (χ0v) is 13.8. The zero-order valence-electron chi connectivity index (χ0n) is 13.8. The van der Waals surface area contributed by atoms with Gasteiger partial charge in [0.2, 0.25) is 5.91 Å². The quantitative estimate of drug-likeness (QED) is 0.773. The summed E-state index contributed by atoms with van der Waals surface area (Å²) < 4.78 is 0. The lowest BCUT2D eigenvalue weighted by Gasteiger charge is -2.29. The van der Waals surface area contributed by atoms with E-state index in [2.05, 4.69) is 71.6 Å². The van der Waals surface area contributed by atoms with Crippen molar-refractivity contribution in [3.8, 4) is 0 Å². The summed E-state index contributed by atoms with van der Waals surface area (Å²) in [7, 11) is 0. The van der Waals surface area contributed by atoms with Gasteiger partial charge in [-0.05, 0) is 36.3 Å². The Hall–Kier alpha value is -2.35. The van der Waals surface area contributed by atoms with Gasteiger partial charge >= 0.3 is 0 Å². The molecule has 0 bridgehead atoms. The fourth-order valence-corrected chi connectivity index (χ4v) is 4.24. The van der Waals surface area contributed by atoms with Crippen molar-refractivity contribution < 1.29 is 4.79 Å². The maximum absolute atomic E-state index is 13.0. The predicted octanol–water partition coefficient (Wildman–Crippen LogP) is 4.22. The molecule has 0 spiro atoms. The van der Waals surface area contributed by atoms with Gasteiger partial charge in [-0.25, -0.2) is 0 Å². The van der Waals surface area contributed by atoms with Crippen molar-refractivity contribution in [3.05, 3.63) is 83.9 Å². The number of nitrogens with zero attached hydrogens (tertiary/aromatic N) is 1. The molecular weight excluding hydrogens is 294 g/mol. The standard InChI is InChI=1S/C22H23NO/c24-22-20-14-8-7-13-19(20)21(15-17-9-3-1-4-10-17)23(22)16-18-11-5-2-6-12-18/h1-12,19-21H,13-16H2. The van der Waals surface area contributed by atoms with Gasteiger partial charge in [0.1, 0.15) is 0 Å². The molecule has 0 radical (unpaired) electrons. The number of amides is 1. The number of rotatable bonds is 4. The van der Waals surface area contributed by atoms with Crippen molar-refractivity contribution in [3.63, 3.8) is 0 Å². The Morgan fingerprint density at radius 3 is 2.17 bits per heavy atom. The van der Waals surface area contributed by atoms with Crippen LogP contribution in [0.1, 0.15) is 24.0 Å². The van der Waals surface area contributed by atoms with Gasteiger partial charge in [0.15, 0.2) is 0 Å². The number of hydrogen-bond donors (Lipinski definition) is 0. The van der Waals surface area contributed by atoms with Crippen molar-refractivity contribution >= 4 is 5.91 Å².